The molecule has 0 fully saturated rings. The summed E-state index contributed by atoms with van der Waals surface area (Å²) in [6.45, 7) is 4.29. The summed E-state index contributed by atoms with van der Waals surface area (Å²) in [6, 6.07) is 9.31. The van der Waals surface area contributed by atoms with Crippen molar-refractivity contribution in [3.63, 3.8) is 0 Å². The van der Waals surface area contributed by atoms with Crippen LogP contribution >= 0.6 is 0 Å². The van der Waals surface area contributed by atoms with Crippen molar-refractivity contribution < 1.29 is 9.90 Å². The molecule has 11 nitrogen and oxygen atoms in total. The average molecular weight is 429 g/mol. The Balaban J connectivity index is 0.00000166. The lowest BCUT2D eigenvalue weighted by molar-refractivity contribution is 0.0814. The second-order valence-corrected chi connectivity index (χ2v) is 6.49. The number of aromatic nitrogens is 4. The minimum Gasteiger partial charge on any atom is -0.503 e. The van der Waals surface area contributed by atoms with E-state index in [2.05, 4.69) is 25.9 Å². The highest BCUT2D eigenvalue weighted by atomic mass is 16.3. The van der Waals surface area contributed by atoms with Crippen molar-refractivity contribution in [2.45, 2.75) is 20.4 Å². The van der Waals surface area contributed by atoms with Crippen molar-refractivity contribution in [2.24, 2.45) is 7.05 Å². The summed E-state index contributed by atoms with van der Waals surface area (Å²) < 4.78 is 1.19. The van der Waals surface area contributed by atoms with E-state index in [1.807, 2.05) is 44.2 Å². The van der Waals surface area contributed by atoms with E-state index in [0.717, 1.165) is 5.56 Å². The molecule has 0 unspecified atom stereocenters. The van der Waals surface area contributed by atoms with Crippen LogP contribution in [0.4, 0.5) is 17.2 Å². The van der Waals surface area contributed by atoms with Gasteiger partial charge in [-0.05, 0) is 5.56 Å². The lowest BCUT2D eigenvalue weighted by Crippen LogP contribution is -2.26. The molecule has 1 amide bonds. The summed E-state index contributed by atoms with van der Waals surface area (Å²) in [4.78, 5) is 38.1. The van der Waals surface area contributed by atoms with Gasteiger partial charge in [-0.2, -0.15) is 5.10 Å². The van der Waals surface area contributed by atoms with Crippen molar-refractivity contribution in [1.82, 2.24) is 24.9 Å². The van der Waals surface area contributed by atoms with Gasteiger partial charge in [-0.15, -0.1) is 0 Å². The molecule has 0 saturated carbocycles. The number of nitrogens with one attached hydrogen (secondary N) is 4. The van der Waals surface area contributed by atoms with Crippen LogP contribution < -0.4 is 21.8 Å². The van der Waals surface area contributed by atoms with Crippen molar-refractivity contribution in [3.05, 3.63) is 62.3 Å². The molecular weight excluding hydrogens is 402 g/mol. The van der Waals surface area contributed by atoms with E-state index in [1.165, 1.54) is 30.7 Å². The molecule has 0 radical (unpaired) electrons. The van der Waals surface area contributed by atoms with Crippen LogP contribution in [-0.4, -0.2) is 50.0 Å². The molecule has 31 heavy (non-hydrogen) atoms. The average Bonchev–Trinajstić information content (AvgIpc) is 3.04. The van der Waals surface area contributed by atoms with Crippen LogP contribution in [0.3, 0.4) is 0 Å². The number of H-pyrrole nitrogens is 2. The van der Waals surface area contributed by atoms with Gasteiger partial charge in [0.2, 0.25) is 0 Å². The zero-order valence-corrected chi connectivity index (χ0v) is 18.1. The summed E-state index contributed by atoms with van der Waals surface area (Å²) in [6.07, 6.45) is 0. The quantitative estimate of drug-likeness (QED) is 0.399. The number of aromatic amines is 2. The van der Waals surface area contributed by atoms with Crippen LogP contribution in [0.25, 0.3) is 0 Å². The van der Waals surface area contributed by atoms with E-state index in [0.29, 0.717) is 6.54 Å². The summed E-state index contributed by atoms with van der Waals surface area (Å²) in [5.41, 5.74) is -0.519. The lowest BCUT2D eigenvalue weighted by atomic mass is 10.2. The first-order valence-corrected chi connectivity index (χ1v) is 9.67. The summed E-state index contributed by atoms with van der Waals surface area (Å²) >= 11 is 0. The van der Waals surface area contributed by atoms with Gasteiger partial charge in [-0.1, -0.05) is 44.2 Å². The number of aromatic hydroxyl groups is 1. The first kappa shape index (κ1) is 23.3. The zero-order chi connectivity index (χ0) is 23.1. The maximum Gasteiger partial charge on any atom is 0.288 e. The number of benzene rings is 1. The summed E-state index contributed by atoms with van der Waals surface area (Å²) in [5.74, 6) is -1.02. The molecule has 0 bridgehead atoms. The molecule has 3 aromatic rings. The third-order valence-corrected chi connectivity index (χ3v) is 4.18. The number of hydrogen-bond acceptors (Lipinski definition) is 7. The summed E-state index contributed by atoms with van der Waals surface area (Å²) in [7, 11) is 4.56. The van der Waals surface area contributed by atoms with Gasteiger partial charge in [0, 0.05) is 27.7 Å². The molecule has 11 heteroatoms. The maximum atomic E-state index is 12.3. The predicted octanol–water partition coefficient (Wildman–Crippen LogP) is 1.59. The van der Waals surface area contributed by atoms with Gasteiger partial charge < -0.3 is 20.6 Å². The molecule has 2 heterocycles. The first-order chi connectivity index (χ1) is 14.8. The highest BCUT2D eigenvalue weighted by Gasteiger charge is 2.24. The van der Waals surface area contributed by atoms with Gasteiger partial charge in [-0.25, -0.2) is 0 Å². The predicted molar refractivity (Wildman–Crippen MR) is 119 cm³/mol. The smallest absolute Gasteiger partial charge is 0.288 e. The molecule has 0 aliphatic rings. The minimum atomic E-state index is -0.634. The van der Waals surface area contributed by atoms with Crippen molar-refractivity contribution in [1.29, 1.82) is 0 Å². The fourth-order valence-corrected chi connectivity index (χ4v) is 2.71. The number of rotatable bonds is 6. The molecule has 166 valence electrons. The number of carbonyl (C=O) groups is 1. The molecule has 5 N–H and O–H groups in total. The van der Waals surface area contributed by atoms with Gasteiger partial charge in [0.05, 0.1) is 0 Å². The second-order valence-electron chi connectivity index (χ2n) is 6.49. The Morgan fingerprint density at radius 3 is 2.26 bits per heavy atom. The topological polar surface area (TPSA) is 148 Å². The number of aryl methyl sites for hydroxylation is 1. The highest BCUT2D eigenvalue weighted by Crippen LogP contribution is 2.30. The fourth-order valence-electron chi connectivity index (χ4n) is 2.71. The highest BCUT2D eigenvalue weighted by molar-refractivity contribution is 5.97. The number of nitrogens with zero attached hydrogens (tertiary/aromatic N) is 3. The third kappa shape index (κ3) is 5.13. The third-order valence-electron chi connectivity index (χ3n) is 4.18. The van der Waals surface area contributed by atoms with E-state index in [9.17, 15) is 19.5 Å². The van der Waals surface area contributed by atoms with Gasteiger partial charge >= 0.3 is 0 Å². The zero-order valence-electron chi connectivity index (χ0n) is 18.1. The van der Waals surface area contributed by atoms with Crippen LogP contribution in [0, 0.1) is 0 Å². The molecule has 0 aliphatic carbocycles. The van der Waals surface area contributed by atoms with Crippen LogP contribution in [-0.2, 0) is 13.6 Å². The largest absolute Gasteiger partial charge is 0.503 e. The van der Waals surface area contributed by atoms with Crippen molar-refractivity contribution in [3.8, 4) is 5.75 Å². The van der Waals surface area contributed by atoms with E-state index in [4.69, 9.17) is 0 Å². The molecule has 0 atom stereocenters. The molecule has 0 saturated heterocycles. The van der Waals surface area contributed by atoms with Crippen LogP contribution in [0.15, 0.2) is 39.9 Å². The van der Waals surface area contributed by atoms with E-state index in [1.54, 1.807) is 0 Å². The minimum absolute atomic E-state index is 0.0249. The van der Waals surface area contributed by atoms with Crippen LogP contribution in [0.1, 0.15) is 29.9 Å². The van der Waals surface area contributed by atoms with Crippen LogP contribution in [0.5, 0.6) is 5.75 Å². The first-order valence-electron chi connectivity index (χ1n) is 9.67. The normalized spacial score (nSPS) is 10.1. The van der Waals surface area contributed by atoms with E-state index in [-0.39, 0.29) is 22.9 Å². The van der Waals surface area contributed by atoms with Gasteiger partial charge in [0.1, 0.15) is 11.4 Å². The van der Waals surface area contributed by atoms with E-state index >= 15 is 0 Å². The summed E-state index contributed by atoms with van der Waals surface area (Å²) in [5, 5.41) is 24.5. The van der Waals surface area contributed by atoms with Crippen molar-refractivity contribution in [2.75, 3.05) is 24.7 Å². The molecule has 0 spiro atoms. The Morgan fingerprint density at radius 2 is 1.68 bits per heavy atom. The molecule has 0 aliphatic heterocycles. The number of amides is 1. The SMILES string of the molecule is CC.CN(C)C(=O)c1c(O)c(Nc2c(NCc3ccccc3)c(=O)[nH][nH]c2=O)nn1C. The number of anilines is 3. The van der Waals surface area contributed by atoms with Crippen molar-refractivity contribution >= 4 is 23.1 Å². The second kappa shape index (κ2) is 10.1. The molecule has 1 aromatic carbocycles. The Kier molecular flexibility index (Phi) is 7.61. The fraction of sp³-hybridized carbons (Fsp3) is 0.300. The Morgan fingerprint density at radius 1 is 1.10 bits per heavy atom. The van der Waals surface area contributed by atoms with Gasteiger partial charge in [0.25, 0.3) is 17.0 Å². The number of carbonyl (C=O) groups excluding carboxylic acids is 1. The lowest BCUT2D eigenvalue weighted by Gasteiger charge is -2.11. The Labute approximate surface area is 178 Å². The maximum absolute atomic E-state index is 12.3. The van der Waals surface area contributed by atoms with E-state index < -0.39 is 22.8 Å². The molecule has 3 rings (SSSR count). The number of hydrogen-bond donors (Lipinski definition) is 5. The Bertz CT molecular complexity index is 1150. The molecular formula is C20H27N7O4. The Hall–Kier alpha value is -4.02. The van der Waals surface area contributed by atoms with Gasteiger partial charge in [0.15, 0.2) is 17.3 Å². The molecule has 2 aromatic heterocycles. The monoisotopic (exact) mass is 429 g/mol. The van der Waals surface area contributed by atoms with Gasteiger partial charge in [-0.3, -0.25) is 29.3 Å². The standard InChI is InChI=1S/C18H21N7O4.C2H6/c1-24(2)18(29)13-14(26)15(23-25(13)3)20-12-11(16(27)21-22-17(12)28)19-9-10-7-5-4-6-8-10;1-2/h4-8,26H,9H2,1-3H3,(H2,19,22,28)(H2,20,21,23,27);1-2H3. The van der Waals surface area contributed by atoms with Crippen LogP contribution in [0.2, 0.25) is 0 Å².